The van der Waals surface area contributed by atoms with Crippen LogP contribution in [-0.2, 0) is 6.54 Å². The highest BCUT2D eigenvalue weighted by Gasteiger charge is 2.15. The molecule has 0 radical (unpaired) electrons. The molecule has 0 bridgehead atoms. The number of nitrogens with two attached hydrogens (primary N) is 1. The van der Waals surface area contributed by atoms with Crippen molar-refractivity contribution in [3.05, 3.63) is 36.2 Å². The molecule has 2 aromatic heterocycles. The summed E-state index contributed by atoms with van der Waals surface area (Å²) >= 11 is 0. The van der Waals surface area contributed by atoms with E-state index in [1.807, 2.05) is 18.3 Å². The number of aromatic nitrogens is 2. The van der Waals surface area contributed by atoms with Crippen LogP contribution in [0.4, 0.5) is 0 Å². The minimum absolute atomic E-state index is 0.728. The van der Waals surface area contributed by atoms with Crippen molar-refractivity contribution in [1.82, 2.24) is 9.55 Å². The van der Waals surface area contributed by atoms with Gasteiger partial charge in [-0.05, 0) is 38.4 Å². The van der Waals surface area contributed by atoms with E-state index in [-0.39, 0.29) is 0 Å². The van der Waals surface area contributed by atoms with Crippen LogP contribution < -0.4 is 10.5 Å². The summed E-state index contributed by atoms with van der Waals surface area (Å²) in [6.45, 7) is 3.72. The van der Waals surface area contributed by atoms with E-state index >= 15 is 0 Å². The summed E-state index contributed by atoms with van der Waals surface area (Å²) < 4.78 is 7.91. The maximum atomic E-state index is 5.63. The summed E-state index contributed by atoms with van der Waals surface area (Å²) in [5.74, 6) is 0.913. The minimum atomic E-state index is 0.728. The van der Waals surface area contributed by atoms with Crippen LogP contribution in [0.5, 0.6) is 5.75 Å². The molecule has 0 saturated heterocycles. The Bertz CT molecular complexity index is 776. The minimum Gasteiger partial charge on any atom is -0.495 e. The van der Waals surface area contributed by atoms with Crippen LogP contribution in [0.2, 0.25) is 0 Å². The van der Waals surface area contributed by atoms with Gasteiger partial charge in [0.1, 0.15) is 5.75 Å². The lowest BCUT2D eigenvalue weighted by atomic mass is 10.1. The lowest BCUT2D eigenvalue weighted by Crippen LogP contribution is -2.04. The molecule has 0 fully saturated rings. The predicted octanol–water partition coefficient (Wildman–Crippen LogP) is 3.25. The Labute approximate surface area is 124 Å². The molecule has 2 heterocycles. The average Bonchev–Trinajstić information content (AvgIpc) is 2.83. The predicted molar refractivity (Wildman–Crippen MR) is 86.8 cm³/mol. The molecular weight excluding hydrogens is 262 g/mol. The Balaban J connectivity index is 2.32. The number of nitrogens with zero attached hydrogens (tertiary/aromatic N) is 2. The zero-order chi connectivity index (χ0) is 14.8. The fourth-order valence-electron chi connectivity index (χ4n) is 3.05. The second-order valence-corrected chi connectivity index (χ2v) is 5.30. The van der Waals surface area contributed by atoms with Crippen LogP contribution in [0.15, 0.2) is 30.5 Å². The number of para-hydroxylation sites is 1. The lowest BCUT2D eigenvalue weighted by molar-refractivity contribution is 0.417. The number of hydrogen-bond donors (Lipinski definition) is 1. The first kappa shape index (κ1) is 13.9. The Hall–Kier alpha value is -2.07. The quantitative estimate of drug-likeness (QED) is 0.731. The van der Waals surface area contributed by atoms with Crippen molar-refractivity contribution in [1.29, 1.82) is 0 Å². The van der Waals surface area contributed by atoms with Gasteiger partial charge in [-0.1, -0.05) is 12.1 Å². The molecule has 0 unspecified atom stereocenters. The van der Waals surface area contributed by atoms with Crippen molar-refractivity contribution in [2.75, 3.05) is 13.7 Å². The first-order chi connectivity index (χ1) is 10.3. The summed E-state index contributed by atoms with van der Waals surface area (Å²) in [4.78, 5) is 4.46. The summed E-state index contributed by atoms with van der Waals surface area (Å²) in [6.07, 6.45) is 3.96. The molecule has 110 valence electrons. The van der Waals surface area contributed by atoms with Crippen molar-refractivity contribution in [3.63, 3.8) is 0 Å². The Morgan fingerprint density at radius 3 is 2.71 bits per heavy atom. The lowest BCUT2D eigenvalue weighted by Gasteiger charge is -2.10. The Morgan fingerprint density at radius 2 is 1.95 bits per heavy atom. The number of unbranched alkanes of at least 4 members (excludes halogenated alkanes) is 1. The van der Waals surface area contributed by atoms with Crippen molar-refractivity contribution >= 4 is 21.8 Å². The third-order valence-electron chi connectivity index (χ3n) is 3.99. The van der Waals surface area contributed by atoms with Gasteiger partial charge >= 0.3 is 0 Å². The van der Waals surface area contributed by atoms with E-state index in [0.29, 0.717) is 0 Å². The van der Waals surface area contributed by atoms with Crippen molar-refractivity contribution < 1.29 is 4.74 Å². The van der Waals surface area contributed by atoms with E-state index in [2.05, 4.69) is 28.6 Å². The Morgan fingerprint density at radius 1 is 1.14 bits per heavy atom. The van der Waals surface area contributed by atoms with Gasteiger partial charge < -0.3 is 15.0 Å². The van der Waals surface area contributed by atoms with Crippen LogP contribution in [-0.4, -0.2) is 23.2 Å². The topological polar surface area (TPSA) is 53.1 Å². The normalized spacial score (nSPS) is 11.4. The molecule has 0 aliphatic carbocycles. The third-order valence-corrected chi connectivity index (χ3v) is 3.99. The monoisotopic (exact) mass is 283 g/mol. The number of benzene rings is 1. The molecule has 3 rings (SSSR count). The number of aryl methyl sites for hydroxylation is 2. The van der Waals surface area contributed by atoms with Crippen LogP contribution in [0.25, 0.3) is 21.8 Å². The summed E-state index contributed by atoms with van der Waals surface area (Å²) in [5, 5.41) is 2.46. The summed E-state index contributed by atoms with van der Waals surface area (Å²) in [6, 6.07) is 8.30. The van der Waals surface area contributed by atoms with E-state index in [9.17, 15) is 0 Å². The smallest absolute Gasteiger partial charge is 0.143 e. The fourth-order valence-corrected chi connectivity index (χ4v) is 3.05. The molecule has 0 aliphatic rings. The largest absolute Gasteiger partial charge is 0.495 e. The molecule has 0 amide bonds. The van der Waals surface area contributed by atoms with Gasteiger partial charge in [-0.2, -0.15) is 0 Å². The molecule has 3 aromatic rings. The van der Waals surface area contributed by atoms with Gasteiger partial charge in [0.25, 0.3) is 0 Å². The third kappa shape index (κ3) is 2.25. The zero-order valence-corrected chi connectivity index (χ0v) is 12.6. The molecular formula is C17H21N3O. The van der Waals surface area contributed by atoms with Gasteiger partial charge in [0.15, 0.2) is 0 Å². The molecule has 0 saturated carbocycles. The summed E-state index contributed by atoms with van der Waals surface area (Å²) in [5.41, 5.74) is 9.05. The van der Waals surface area contributed by atoms with Gasteiger partial charge in [0, 0.05) is 23.5 Å². The number of hydrogen-bond acceptors (Lipinski definition) is 3. The first-order valence-corrected chi connectivity index (χ1v) is 7.38. The van der Waals surface area contributed by atoms with Crippen LogP contribution in [0.3, 0.4) is 0 Å². The SMILES string of the molecule is COc1cccc2c3ccnc(C)c3n(CCCCN)c12. The van der Waals surface area contributed by atoms with Crippen LogP contribution >= 0.6 is 0 Å². The molecule has 0 aliphatic heterocycles. The maximum Gasteiger partial charge on any atom is 0.143 e. The fraction of sp³-hybridized carbons (Fsp3) is 0.353. The van der Waals surface area contributed by atoms with Crippen molar-refractivity contribution in [2.24, 2.45) is 5.73 Å². The summed E-state index contributed by atoms with van der Waals surface area (Å²) in [7, 11) is 1.72. The zero-order valence-electron chi connectivity index (χ0n) is 12.6. The Kier molecular flexibility index (Phi) is 3.80. The maximum absolute atomic E-state index is 5.63. The van der Waals surface area contributed by atoms with Gasteiger partial charge in [-0.15, -0.1) is 0 Å². The van der Waals surface area contributed by atoms with Gasteiger partial charge in [-0.3, -0.25) is 4.98 Å². The van der Waals surface area contributed by atoms with Crippen molar-refractivity contribution in [2.45, 2.75) is 26.3 Å². The van der Waals surface area contributed by atoms with Crippen LogP contribution in [0.1, 0.15) is 18.5 Å². The molecule has 0 spiro atoms. The number of methoxy groups -OCH3 is 1. The molecule has 2 N–H and O–H groups in total. The molecule has 4 heteroatoms. The molecule has 1 aromatic carbocycles. The van der Waals surface area contributed by atoms with E-state index in [1.54, 1.807) is 7.11 Å². The van der Waals surface area contributed by atoms with E-state index in [0.717, 1.165) is 42.9 Å². The van der Waals surface area contributed by atoms with E-state index in [4.69, 9.17) is 10.5 Å². The number of rotatable bonds is 5. The highest BCUT2D eigenvalue weighted by molar-refractivity contribution is 6.10. The number of fused-ring (bicyclic) bond motifs is 3. The highest BCUT2D eigenvalue weighted by Crippen LogP contribution is 2.35. The van der Waals surface area contributed by atoms with Gasteiger partial charge in [0.2, 0.25) is 0 Å². The van der Waals surface area contributed by atoms with Crippen molar-refractivity contribution in [3.8, 4) is 5.75 Å². The molecule has 21 heavy (non-hydrogen) atoms. The average molecular weight is 283 g/mol. The first-order valence-electron chi connectivity index (χ1n) is 7.38. The van der Waals surface area contributed by atoms with Gasteiger partial charge in [-0.25, -0.2) is 0 Å². The molecule has 4 nitrogen and oxygen atoms in total. The number of ether oxygens (including phenoxy) is 1. The second kappa shape index (κ2) is 5.74. The highest BCUT2D eigenvalue weighted by atomic mass is 16.5. The standard InChI is InChI=1S/C17H21N3O/c1-12-16-14(8-10-19-12)13-6-5-7-15(21-2)17(13)20(16)11-4-3-9-18/h5-8,10H,3-4,9,11,18H2,1-2H3. The number of pyridine rings is 1. The molecule has 0 atom stereocenters. The van der Waals surface area contributed by atoms with E-state index < -0.39 is 0 Å². The second-order valence-electron chi connectivity index (χ2n) is 5.30. The van der Waals surface area contributed by atoms with Gasteiger partial charge in [0.05, 0.1) is 23.8 Å². The van der Waals surface area contributed by atoms with Crippen LogP contribution in [0, 0.1) is 6.92 Å². The van der Waals surface area contributed by atoms with E-state index in [1.165, 1.54) is 16.3 Å².